The number of carbonyl (C=O) groups is 2. The fourth-order valence-electron chi connectivity index (χ4n) is 1.96. The molecule has 108 valence electrons. The molecule has 1 atom stereocenters. The van der Waals surface area contributed by atoms with Gasteiger partial charge in [0.1, 0.15) is 5.60 Å². The Labute approximate surface area is 115 Å². The molecule has 0 N–H and O–H groups in total. The number of nitrogens with zero attached hydrogens (tertiary/aromatic N) is 2. The first-order valence-corrected chi connectivity index (χ1v) is 6.50. The van der Waals surface area contributed by atoms with E-state index in [-0.39, 0.29) is 18.4 Å². The number of hydrogen-bond acceptors (Lipinski definition) is 4. The first-order chi connectivity index (χ1) is 8.60. The van der Waals surface area contributed by atoms with Crippen LogP contribution in [-0.2, 0) is 9.53 Å². The van der Waals surface area contributed by atoms with Crippen molar-refractivity contribution in [1.82, 2.24) is 9.80 Å². The summed E-state index contributed by atoms with van der Waals surface area (Å²) in [5.74, 6) is -0.0161. The van der Waals surface area contributed by atoms with E-state index in [9.17, 15) is 9.59 Å². The average Bonchev–Trinajstić information content (AvgIpc) is 2.19. The topological polar surface area (TPSA) is 49.9 Å². The summed E-state index contributed by atoms with van der Waals surface area (Å²) in [5.41, 5.74) is 0.219. The molecule has 0 bridgehead atoms. The Morgan fingerprint density at radius 1 is 1.42 bits per heavy atom. The molecule has 1 saturated heterocycles. The zero-order valence-electron chi connectivity index (χ0n) is 12.7. The van der Waals surface area contributed by atoms with E-state index in [1.165, 1.54) is 4.90 Å². The number of ether oxygens (including phenoxy) is 1. The number of piperidine rings is 1. The van der Waals surface area contributed by atoms with E-state index in [4.69, 9.17) is 4.74 Å². The monoisotopic (exact) mass is 268 g/mol. The van der Waals surface area contributed by atoms with Gasteiger partial charge in [-0.1, -0.05) is 0 Å². The minimum Gasteiger partial charge on any atom is -0.444 e. The summed E-state index contributed by atoms with van der Waals surface area (Å²) in [6, 6.07) is -0.0289. The van der Waals surface area contributed by atoms with Gasteiger partial charge in [0, 0.05) is 31.9 Å². The number of ketones is 1. The number of carbonyl (C=O) groups excluding carboxylic acids is 2. The van der Waals surface area contributed by atoms with E-state index in [0.717, 1.165) is 5.57 Å². The second-order valence-corrected chi connectivity index (χ2v) is 6.20. The zero-order valence-corrected chi connectivity index (χ0v) is 12.7. The van der Waals surface area contributed by atoms with Crippen LogP contribution < -0.4 is 0 Å². The summed E-state index contributed by atoms with van der Waals surface area (Å²) in [6.45, 7) is 7.48. The molecule has 0 aromatic heterocycles. The van der Waals surface area contributed by atoms with E-state index in [2.05, 4.69) is 0 Å². The number of rotatable bonds is 1. The van der Waals surface area contributed by atoms with Crippen LogP contribution in [0.25, 0.3) is 0 Å². The Morgan fingerprint density at radius 3 is 2.47 bits per heavy atom. The molecule has 0 aromatic carbocycles. The standard InChI is InChI=1S/C14H24N2O3/c1-10-7-11(8-15(5)6)12(17)9-16(10)13(18)19-14(2,3)4/h8,10H,7,9H2,1-6H3/b11-8+. The molecule has 5 heteroatoms. The highest BCUT2D eigenvalue weighted by Gasteiger charge is 2.33. The van der Waals surface area contributed by atoms with Gasteiger partial charge in [0.15, 0.2) is 5.78 Å². The summed E-state index contributed by atoms with van der Waals surface area (Å²) in [4.78, 5) is 27.4. The predicted molar refractivity (Wildman–Crippen MR) is 73.8 cm³/mol. The number of likely N-dealkylation sites (tertiary alicyclic amines) is 1. The van der Waals surface area contributed by atoms with E-state index in [0.29, 0.717) is 6.42 Å². The smallest absolute Gasteiger partial charge is 0.410 e. The third kappa shape index (κ3) is 4.58. The molecule has 1 aliphatic rings. The highest BCUT2D eigenvalue weighted by molar-refractivity contribution is 5.99. The molecule has 1 aliphatic heterocycles. The summed E-state index contributed by atoms with van der Waals surface area (Å²) < 4.78 is 5.32. The van der Waals surface area contributed by atoms with Crippen molar-refractivity contribution in [3.63, 3.8) is 0 Å². The van der Waals surface area contributed by atoms with Crippen LogP contribution in [0.4, 0.5) is 4.79 Å². The van der Waals surface area contributed by atoms with Crippen LogP contribution >= 0.6 is 0 Å². The molecule has 0 saturated carbocycles. The maximum atomic E-state index is 12.0. The normalized spacial score (nSPS) is 22.6. The minimum absolute atomic E-state index is 0.0161. The van der Waals surface area contributed by atoms with E-state index >= 15 is 0 Å². The molecular weight excluding hydrogens is 244 g/mol. The van der Waals surface area contributed by atoms with Crippen molar-refractivity contribution >= 4 is 11.9 Å². The summed E-state index contributed by atoms with van der Waals surface area (Å²) in [7, 11) is 3.76. The lowest BCUT2D eigenvalue weighted by Crippen LogP contribution is -2.48. The summed E-state index contributed by atoms with van der Waals surface area (Å²) >= 11 is 0. The van der Waals surface area contributed by atoms with Crippen molar-refractivity contribution in [1.29, 1.82) is 0 Å². The second-order valence-electron chi connectivity index (χ2n) is 6.20. The van der Waals surface area contributed by atoms with Gasteiger partial charge in [0.2, 0.25) is 0 Å². The lowest BCUT2D eigenvalue weighted by Gasteiger charge is -2.35. The lowest BCUT2D eigenvalue weighted by atomic mass is 9.97. The van der Waals surface area contributed by atoms with Crippen LogP contribution in [-0.4, -0.2) is 54.0 Å². The molecule has 1 unspecified atom stereocenters. The third-order valence-corrected chi connectivity index (χ3v) is 2.76. The fourth-order valence-corrected chi connectivity index (χ4v) is 1.96. The van der Waals surface area contributed by atoms with Crippen molar-refractivity contribution in [2.24, 2.45) is 0 Å². The minimum atomic E-state index is -0.542. The molecule has 0 radical (unpaired) electrons. The Balaban J connectivity index is 2.76. The quantitative estimate of drug-likeness (QED) is 0.683. The molecule has 0 aliphatic carbocycles. The zero-order chi connectivity index (χ0) is 14.8. The van der Waals surface area contributed by atoms with Crippen molar-refractivity contribution in [3.05, 3.63) is 11.8 Å². The third-order valence-electron chi connectivity index (χ3n) is 2.76. The fraction of sp³-hybridized carbons (Fsp3) is 0.714. The lowest BCUT2D eigenvalue weighted by molar-refractivity contribution is -0.119. The Bertz CT molecular complexity index is 394. The van der Waals surface area contributed by atoms with Crippen LogP contribution in [0.15, 0.2) is 11.8 Å². The maximum absolute atomic E-state index is 12.0. The average molecular weight is 268 g/mol. The first-order valence-electron chi connectivity index (χ1n) is 6.50. The van der Waals surface area contributed by atoms with Crippen molar-refractivity contribution in [3.8, 4) is 0 Å². The van der Waals surface area contributed by atoms with Gasteiger partial charge in [-0.15, -0.1) is 0 Å². The number of amides is 1. The van der Waals surface area contributed by atoms with Gasteiger partial charge in [0.25, 0.3) is 0 Å². The van der Waals surface area contributed by atoms with Gasteiger partial charge in [-0.05, 0) is 34.1 Å². The molecule has 1 fully saturated rings. The molecule has 1 rings (SSSR count). The van der Waals surface area contributed by atoms with Gasteiger partial charge in [-0.25, -0.2) is 4.79 Å². The van der Waals surface area contributed by atoms with Crippen molar-refractivity contribution in [2.45, 2.75) is 45.8 Å². The van der Waals surface area contributed by atoms with Crippen LogP contribution in [0, 0.1) is 0 Å². The molecule has 19 heavy (non-hydrogen) atoms. The highest BCUT2D eigenvalue weighted by atomic mass is 16.6. The van der Waals surface area contributed by atoms with Crippen molar-refractivity contribution < 1.29 is 14.3 Å². The van der Waals surface area contributed by atoms with Crippen LogP contribution in [0.3, 0.4) is 0 Å². The SMILES string of the molecule is CC1C/C(=C\N(C)C)C(=O)CN1C(=O)OC(C)(C)C. The largest absolute Gasteiger partial charge is 0.444 e. The molecule has 0 aromatic rings. The molecular formula is C14H24N2O3. The molecule has 1 heterocycles. The maximum Gasteiger partial charge on any atom is 0.410 e. The predicted octanol–water partition coefficient (Wildman–Crippen LogP) is 2.03. The van der Waals surface area contributed by atoms with Crippen LogP contribution in [0.2, 0.25) is 0 Å². The van der Waals surface area contributed by atoms with E-state index < -0.39 is 11.7 Å². The van der Waals surface area contributed by atoms with E-state index in [1.54, 1.807) is 0 Å². The Morgan fingerprint density at radius 2 is 2.00 bits per heavy atom. The Kier molecular flexibility index (Phi) is 4.61. The van der Waals surface area contributed by atoms with E-state index in [1.807, 2.05) is 52.9 Å². The number of hydrogen-bond donors (Lipinski definition) is 0. The van der Waals surface area contributed by atoms with Gasteiger partial charge >= 0.3 is 6.09 Å². The molecule has 0 spiro atoms. The van der Waals surface area contributed by atoms with Gasteiger partial charge < -0.3 is 9.64 Å². The molecule has 5 nitrogen and oxygen atoms in total. The van der Waals surface area contributed by atoms with Crippen molar-refractivity contribution in [2.75, 3.05) is 20.6 Å². The van der Waals surface area contributed by atoms with Crippen LogP contribution in [0.1, 0.15) is 34.1 Å². The molecule has 1 amide bonds. The summed E-state index contributed by atoms with van der Waals surface area (Å²) in [5, 5.41) is 0. The number of Topliss-reactive ketones (excluding diaryl/α,β-unsaturated/α-hetero) is 1. The Hall–Kier alpha value is -1.52. The van der Waals surface area contributed by atoms with Gasteiger partial charge in [-0.3, -0.25) is 9.69 Å². The van der Waals surface area contributed by atoms with Gasteiger partial charge in [0.05, 0.1) is 6.54 Å². The first kappa shape index (κ1) is 15.5. The van der Waals surface area contributed by atoms with Crippen LogP contribution in [0.5, 0.6) is 0 Å². The second kappa shape index (κ2) is 5.63. The highest BCUT2D eigenvalue weighted by Crippen LogP contribution is 2.22. The van der Waals surface area contributed by atoms with Gasteiger partial charge in [-0.2, -0.15) is 0 Å². The summed E-state index contributed by atoms with van der Waals surface area (Å²) in [6.07, 6.45) is 1.97.